The Morgan fingerprint density at radius 1 is 0.974 bits per heavy atom. The predicted molar refractivity (Wildman–Crippen MR) is 154 cm³/mol. The Balaban J connectivity index is 1.65. The molecule has 9 heteroatoms. The second-order valence-corrected chi connectivity index (χ2v) is 9.39. The van der Waals surface area contributed by atoms with Crippen molar-refractivity contribution in [3.8, 4) is 5.88 Å². The standard InChI is InChI=1S/C30H33N5O4/c1-34(2)18-8-17-31-30(38)35(3)23-14-12-22(13-15-23)32-27(20-9-6-5-7-10-20)26-24-16-11-21(29(37)39-4)19-25(24)33-28(26)36/h5-7,9-16,19,33,36H,8,17-18H2,1-4H3,(H,31,38). The number of hydrogen-bond donors (Lipinski definition) is 3. The molecular formula is C30H33N5O4. The van der Waals surface area contributed by atoms with Gasteiger partial charge in [0.25, 0.3) is 0 Å². The third-order valence-corrected chi connectivity index (χ3v) is 6.32. The van der Waals surface area contributed by atoms with Crippen LogP contribution in [0.25, 0.3) is 10.9 Å². The molecule has 1 aromatic heterocycles. The molecule has 0 fully saturated rings. The van der Waals surface area contributed by atoms with E-state index in [0.717, 1.165) is 24.2 Å². The van der Waals surface area contributed by atoms with Crippen LogP contribution in [0.3, 0.4) is 0 Å². The van der Waals surface area contributed by atoms with Gasteiger partial charge >= 0.3 is 12.0 Å². The number of ether oxygens (including phenoxy) is 1. The number of hydrogen-bond acceptors (Lipinski definition) is 6. The van der Waals surface area contributed by atoms with E-state index < -0.39 is 5.97 Å². The third-order valence-electron chi connectivity index (χ3n) is 6.32. The Bertz CT molecular complexity index is 1480. The molecule has 202 valence electrons. The van der Waals surface area contributed by atoms with Gasteiger partial charge < -0.3 is 25.0 Å². The smallest absolute Gasteiger partial charge is 0.337 e. The van der Waals surface area contributed by atoms with Gasteiger partial charge in [0, 0.05) is 35.7 Å². The number of rotatable bonds is 9. The number of methoxy groups -OCH3 is 1. The van der Waals surface area contributed by atoms with Crippen molar-refractivity contribution >= 4 is 40.0 Å². The lowest BCUT2D eigenvalue weighted by atomic mass is 10.00. The van der Waals surface area contributed by atoms with Crippen molar-refractivity contribution in [2.75, 3.05) is 46.2 Å². The summed E-state index contributed by atoms with van der Waals surface area (Å²) in [5, 5.41) is 14.6. The highest BCUT2D eigenvalue weighted by atomic mass is 16.5. The second-order valence-electron chi connectivity index (χ2n) is 9.39. The maximum atomic E-state index is 12.6. The molecule has 2 amide bonds. The molecule has 0 unspecified atom stereocenters. The first-order valence-corrected chi connectivity index (χ1v) is 12.6. The highest BCUT2D eigenvalue weighted by Crippen LogP contribution is 2.32. The topological polar surface area (TPSA) is 110 Å². The van der Waals surface area contributed by atoms with E-state index in [-0.39, 0.29) is 11.9 Å². The number of anilines is 1. The fraction of sp³-hybridized carbons (Fsp3) is 0.233. The number of H-pyrrole nitrogens is 1. The van der Waals surface area contributed by atoms with Gasteiger partial charge in [-0.3, -0.25) is 4.90 Å². The third kappa shape index (κ3) is 6.45. The molecule has 4 aromatic rings. The van der Waals surface area contributed by atoms with E-state index in [1.165, 1.54) is 7.11 Å². The van der Waals surface area contributed by atoms with Crippen LogP contribution in [-0.4, -0.2) is 74.0 Å². The minimum absolute atomic E-state index is 0.0584. The molecule has 1 heterocycles. The molecule has 0 aliphatic rings. The zero-order valence-electron chi connectivity index (χ0n) is 22.6. The zero-order chi connectivity index (χ0) is 27.9. The van der Waals surface area contributed by atoms with E-state index in [1.54, 1.807) is 30.1 Å². The molecule has 0 aliphatic carbocycles. The summed E-state index contributed by atoms with van der Waals surface area (Å²) in [5.74, 6) is -0.520. The number of urea groups is 1. The van der Waals surface area contributed by atoms with Crippen LogP contribution in [0.5, 0.6) is 5.88 Å². The average molecular weight is 528 g/mol. The van der Waals surface area contributed by atoms with Crippen molar-refractivity contribution in [1.82, 2.24) is 15.2 Å². The molecule has 9 nitrogen and oxygen atoms in total. The van der Waals surface area contributed by atoms with E-state index in [2.05, 4.69) is 15.2 Å². The number of nitrogens with zero attached hydrogens (tertiary/aromatic N) is 3. The number of amides is 2. The van der Waals surface area contributed by atoms with Gasteiger partial charge in [-0.15, -0.1) is 0 Å². The van der Waals surface area contributed by atoms with Gasteiger partial charge in [0.15, 0.2) is 5.88 Å². The molecule has 4 rings (SSSR count). The normalized spacial score (nSPS) is 11.6. The zero-order valence-corrected chi connectivity index (χ0v) is 22.6. The van der Waals surface area contributed by atoms with Crippen molar-refractivity contribution in [2.24, 2.45) is 4.99 Å². The van der Waals surface area contributed by atoms with Gasteiger partial charge in [-0.25, -0.2) is 14.6 Å². The predicted octanol–water partition coefficient (Wildman–Crippen LogP) is 4.93. The number of carbonyl (C=O) groups excluding carboxylic acids is 2. The van der Waals surface area contributed by atoms with Gasteiger partial charge in [-0.2, -0.15) is 0 Å². The number of aromatic amines is 1. The number of carbonyl (C=O) groups is 2. The van der Waals surface area contributed by atoms with Crippen LogP contribution in [0.4, 0.5) is 16.2 Å². The molecule has 3 N–H and O–H groups in total. The quantitative estimate of drug-likeness (QED) is 0.162. The first-order chi connectivity index (χ1) is 18.8. The van der Waals surface area contributed by atoms with E-state index in [1.807, 2.05) is 68.7 Å². The number of nitrogens with one attached hydrogen (secondary N) is 2. The molecule has 0 saturated carbocycles. The molecule has 0 bridgehead atoms. The minimum Gasteiger partial charge on any atom is -0.494 e. The van der Waals surface area contributed by atoms with E-state index in [0.29, 0.717) is 40.0 Å². The monoisotopic (exact) mass is 527 g/mol. The van der Waals surface area contributed by atoms with Crippen LogP contribution in [0.15, 0.2) is 77.8 Å². The molecule has 3 aromatic carbocycles. The SMILES string of the molecule is COC(=O)c1ccc2c(C(=Nc3ccc(N(C)C(=O)NCCCN(C)C)cc3)c3ccccc3)c(O)[nH]c2c1. The minimum atomic E-state index is -0.461. The first-order valence-electron chi connectivity index (χ1n) is 12.6. The van der Waals surface area contributed by atoms with Gasteiger partial charge in [-0.05, 0) is 63.5 Å². The summed E-state index contributed by atoms with van der Waals surface area (Å²) in [4.78, 5) is 36.1. The van der Waals surface area contributed by atoms with E-state index >= 15 is 0 Å². The molecule has 0 spiro atoms. The largest absolute Gasteiger partial charge is 0.494 e. The van der Waals surface area contributed by atoms with Crippen molar-refractivity contribution in [3.05, 3.63) is 89.5 Å². The number of esters is 1. The van der Waals surface area contributed by atoms with Gasteiger partial charge in [0.05, 0.1) is 29.6 Å². The van der Waals surface area contributed by atoms with Gasteiger partial charge in [0.1, 0.15) is 0 Å². The number of aliphatic imine (C=N–C) groups is 1. The fourth-order valence-electron chi connectivity index (χ4n) is 4.23. The highest BCUT2D eigenvalue weighted by Gasteiger charge is 2.20. The Labute approximate surface area is 227 Å². The average Bonchev–Trinajstić information content (AvgIpc) is 3.28. The van der Waals surface area contributed by atoms with E-state index in [4.69, 9.17) is 9.73 Å². The Morgan fingerprint density at radius 2 is 1.69 bits per heavy atom. The van der Waals surface area contributed by atoms with E-state index in [9.17, 15) is 14.7 Å². The summed E-state index contributed by atoms with van der Waals surface area (Å²) in [7, 11) is 7.05. The van der Waals surface area contributed by atoms with Crippen LogP contribution >= 0.6 is 0 Å². The molecule has 0 atom stereocenters. The first kappa shape index (κ1) is 27.4. The number of aromatic nitrogens is 1. The summed E-state index contributed by atoms with van der Waals surface area (Å²) >= 11 is 0. The summed E-state index contributed by atoms with van der Waals surface area (Å²) in [5.41, 5.74) is 4.22. The van der Waals surface area contributed by atoms with Crippen LogP contribution in [0.1, 0.15) is 27.9 Å². The summed E-state index contributed by atoms with van der Waals surface area (Å²) in [6.45, 7) is 1.50. The lowest BCUT2D eigenvalue weighted by molar-refractivity contribution is 0.0601. The van der Waals surface area contributed by atoms with Crippen molar-refractivity contribution in [1.29, 1.82) is 0 Å². The van der Waals surface area contributed by atoms with Gasteiger partial charge in [0.2, 0.25) is 0 Å². The number of benzene rings is 3. The summed E-state index contributed by atoms with van der Waals surface area (Å²) in [6, 6.07) is 21.8. The molecular weight excluding hydrogens is 494 g/mol. The van der Waals surface area contributed by atoms with Crippen molar-refractivity contribution < 1.29 is 19.4 Å². The molecule has 0 aliphatic heterocycles. The van der Waals surface area contributed by atoms with Gasteiger partial charge in [-0.1, -0.05) is 36.4 Å². The second kappa shape index (κ2) is 12.3. The van der Waals surface area contributed by atoms with Crippen LogP contribution in [0, 0.1) is 0 Å². The Kier molecular flexibility index (Phi) is 8.63. The molecule has 39 heavy (non-hydrogen) atoms. The molecule has 0 radical (unpaired) electrons. The van der Waals surface area contributed by atoms with Crippen LogP contribution in [0.2, 0.25) is 0 Å². The Hall–Kier alpha value is -4.63. The highest BCUT2D eigenvalue weighted by molar-refractivity contribution is 6.22. The molecule has 0 saturated heterocycles. The van der Waals surface area contributed by atoms with Crippen LogP contribution < -0.4 is 10.2 Å². The number of fused-ring (bicyclic) bond motifs is 1. The summed E-state index contributed by atoms with van der Waals surface area (Å²) in [6.07, 6.45) is 0.868. The maximum absolute atomic E-state index is 12.6. The van der Waals surface area contributed by atoms with Crippen molar-refractivity contribution in [3.63, 3.8) is 0 Å². The van der Waals surface area contributed by atoms with Crippen LogP contribution in [-0.2, 0) is 4.74 Å². The van der Waals surface area contributed by atoms with Crippen molar-refractivity contribution in [2.45, 2.75) is 6.42 Å². The lowest BCUT2D eigenvalue weighted by Crippen LogP contribution is -2.38. The Morgan fingerprint density at radius 3 is 2.36 bits per heavy atom. The number of aromatic hydroxyl groups is 1. The maximum Gasteiger partial charge on any atom is 0.337 e. The summed E-state index contributed by atoms with van der Waals surface area (Å²) < 4.78 is 4.82. The fourth-order valence-corrected chi connectivity index (χ4v) is 4.23. The lowest BCUT2D eigenvalue weighted by Gasteiger charge is -2.18.